The molecule has 88 valence electrons. The van der Waals surface area contributed by atoms with Crippen LogP contribution in [-0.4, -0.2) is 26.0 Å². The van der Waals surface area contributed by atoms with Gasteiger partial charge in [-0.3, -0.25) is 4.79 Å². The standard InChI is InChI=1S/C11H12N4O2/c1-7-3-5-8(6-4-7)12-10(16)9-11(17)13-14-15(9)2/h3-6,17H,1-2H3,(H,12,16). The lowest BCUT2D eigenvalue weighted by Gasteiger charge is -2.05. The van der Waals surface area contributed by atoms with Gasteiger partial charge in [0.05, 0.1) is 0 Å². The predicted molar refractivity (Wildman–Crippen MR) is 61.8 cm³/mol. The van der Waals surface area contributed by atoms with Crippen molar-refractivity contribution in [1.29, 1.82) is 0 Å². The van der Waals surface area contributed by atoms with E-state index in [9.17, 15) is 9.90 Å². The topological polar surface area (TPSA) is 80.0 Å². The van der Waals surface area contributed by atoms with E-state index in [0.717, 1.165) is 5.56 Å². The highest BCUT2D eigenvalue weighted by atomic mass is 16.3. The van der Waals surface area contributed by atoms with E-state index < -0.39 is 5.91 Å². The van der Waals surface area contributed by atoms with Gasteiger partial charge in [-0.15, -0.1) is 0 Å². The average Bonchev–Trinajstić information content (AvgIpc) is 2.62. The summed E-state index contributed by atoms with van der Waals surface area (Å²) in [6.07, 6.45) is 0. The van der Waals surface area contributed by atoms with Crippen LogP contribution in [0.5, 0.6) is 5.88 Å². The molecular formula is C11H12N4O2. The molecule has 1 amide bonds. The molecule has 0 saturated carbocycles. The molecule has 0 bridgehead atoms. The number of hydrogen-bond donors (Lipinski definition) is 2. The summed E-state index contributed by atoms with van der Waals surface area (Å²) in [5, 5.41) is 19.0. The summed E-state index contributed by atoms with van der Waals surface area (Å²) in [6, 6.07) is 7.34. The van der Waals surface area contributed by atoms with Crippen molar-refractivity contribution in [3.63, 3.8) is 0 Å². The molecule has 0 aliphatic rings. The van der Waals surface area contributed by atoms with E-state index in [-0.39, 0.29) is 11.6 Å². The number of anilines is 1. The lowest BCUT2D eigenvalue weighted by molar-refractivity contribution is 0.101. The summed E-state index contributed by atoms with van der Waals surface area (Å²) in [7, 11) is 1.54. The van der Waals surface area contributed by atoms with Crippen molar-refractivity contribution < 1.29 is 9.90 Å². The Hall–Kier alpha value is -2.37. The van der Waals surface area contributed by atoms with Gasteiger partial charge in [0.25, 0.3) is 11.8 Å². The second kappa shape index (κ2) is 4.25. The Labute approximate surface area is 97.9 Å². The Morgan fingerprint density at radius 2 is 2.00 bits per heavy atom. The number of nitrogens with one attached hydrogen (secondary N) is 1. The first kappa shape index (κ1) is 11.1. The number of rotatable bonds is 2. The van der Waals surface area contributed by atoms with Crippen LogP contribution in [0, 0.1) is 6.92 Å². The fraction of sp³-hybridized carbons (Fsp3) is 0.182. The van der Waals surface area contributed by atoms with Crippen LogP contribution in [0.25, 0.3) is 0 Å². The van der Waals surface area contributed by atoms with Crippen LogP contribution >= 0.6 is 0 Å². The minimum Gasteiger partial charge on any atom is -0.491 e. The minimum absolute atomic E-state index is 0.0329. The molecule has 1 heterocycles. The van der Waals surface area contributed by atoms with Crippen LogP contribution in [0.1, 0.15) is 16.1 Å². The van der Waals surface area contributed by atoms with E-state index in [1.54, 1.807) is 12.1 Å². The number of carbonyl (C=O) groups excluding carboxylic acids is 1. The van der Waals surface area contributed by atoms with Gasteiger partial charge in [-0.2, -0.15) is 0 Å². The monoisotopic (exact) mass is 232 g/mol. The fourth-order valence-corrected chi connectivity index (χ4v) is 1.42. The number of carbonyl (C=O) groups is 1. The largest absolute Gasteiger partial charge is 0.491 e. The quantitative estimate of drug-likeness (QED) is 0.812. The maximum absolute atomic E-state index is 11.8. The second-order valence-electron chi connectivity index (χ2n) is 3.71. The third-order valence-electron chi connectivity index (χ3n) is 2.33. The summed E-state index contributed by atoms with van der Waals surface area (Å²) in [6.45, 7) is 1.96. The molecule has 17 heavy (non-hydrogen) atoms. The summed E-state index contributed by atoms with van der Waals surface area (Å²) in [5.74, 6) is -0.823. The van der Waals surface area contributed by atoms with Crippen molar-refractivity contribution in [3.05, 3.63) is 35.5 Å². The molecule has 0 saturated heterocycles. The Morgan fingerprint density at radius 3 is 2.53 bits per heavy atom. The molecule has 0 aliphatic heterocycles. The maximum Gasteiger partial charge on any atom is 0.279 e. The molecular weight excluding hydrogens is 220 g/mol. The molecule has 1 aromatic carbocycles. The fourth-order valence-electron chi connectivity index (χ4n) is 1.42. The van der Waals surface area contributed by atoms with Gasteiger partial charge < -0.3 is 10.4 Å². The normalized spacial score (nSPS) is 10.2. The summed E-state index contributed by atoms with van der Waals surface area (Å²) >= 11 is 0. The Bertz CT molecular complexity index is 526. The number of benzene rings is 1. The van der Waals surface area contributed by atoms with Crippen LogP contribution in [0.4, 0.5) is 5.69 Å². The van der Waals surface area contributed by atoms with Gasteiger partial charge >= 0.3 is 0 Å². The molecule has 6 heteroatoms. The first-order chi connectivity index (χ1) is 8.08. The van der Waals surface area contributed by atoms with Crippen molar-refractivity contribution in [3.8, 4) is 5.88 Å². The molecule has 2 rings (SSSR count). The SMILES string of the molecule is Cc1ccc(NC(=O)c2c(O)nnn2C)cc1. The van der Waals surface area contributed by atoms with Gasteiger partial charge in [0.15, 0.2) is 5.69 Å². The average molecular weight is 232 g/mol. The molecule has 0 aliphatic carbocycles. The highest BCUT2D eigenvalue weighted by Crippen LogP contribution is 2.14. The first-order valence-corrected chi connectivity index (χ1v) is 5.04. The van der Waals surface area contributed by atoms with Gasteiger partial charge in [0.1, 0.15) is 0 Å². The first-order valence-electron chi connectivity index (χ1n) is 5.04. The molecule has 0 atom stereocenters. The Balaban J connectivity index is 2.20. The Morgan fingerprint density at radius 1 is 1.35 bits per heavy atom. The third-order valence-corrected chi connectivity index (χ3v) is 2.33. The van der Waals surface area contributed by atoms with Crippen LogP contribution in [0.15, 0.2) is 24.3 Å². The number of aromatic nitrogens is 3. The molecule has 6 nitrogen and oxygen atoms in total. The molecule has 2 N–H and O–H groups in total. The summed E-state index contributed by atoms with van der Waals surface area (Å²) < 4.78 is 1.22. The molecule has 1 aromatic heterocycles. The number of aromatic hydroxyl groups is 1. The number of hydrogen-bond acceptors (Lipinski definition) is 4. The van der Waals surface area contributed by atoms with Crippen LogP contribution < -0.4 is 5.32 Å². The van der Waals surface area contributed by atoms with Gasteiger partial charge in [-0.25, -0.2) is 4.68 Å². The van der Waals surface area contributed by atoms with E-state index in [4.69, 9.17) is 0 Å². The van der Waals surface area contributed by atoms with Crippen molar-refractivity contribution in [2.75, 3.05) is 5.32 Å². The van der Waals surface area contributed by atoms with Crippen LogP contribution in [0.3, 0.4) is 0 Å². The van der Waals surface area contributed by atoms with Gasteiger partial charge in [0.2, 0.25) is 0 Å². The van der Waals surface area contributed by atoms with Crippen LogP contribution in [-0.2, 0) is 7.05 Å². The maximum atomic E-state index is 11.8. The lowest BCUT2D eigenvalue weighted by Crippen LogP contribution is -2.16. The minimum atomic E-state index is -0.446. The van der Waals surface area contributed by atoms with E-state index in [1.165, 1.54) is 11.7 Å². The zero-order valence-electron chi connectivity index (χ0n) is 9.51. The number of nitrogens with zero attached hydrogens (tertiary/aromatic N) is 3. The van der Waals surface area contributed by atoms with E-state index in [0.29, 0.717) is 5.69 Å². The number of amides is 1. The lowest BCUT2D eigenvalue weighted by atomic mass is 10.2. The predicted octanol–water partition coefficient (Wildman–Crippen LogP) is 1.08. The molecule has 0 unspecified atom stereocenters. The second-order valence-corrected chi connectivity index (χ2v) is 3.71. The Kier molecular flexibility index (Phi) is 2.78. The zero-order chi connectivity index (χ0) is 12.4. The van der Waals surface area contributed by atoms with E-state index >= 15 is 0 Å². The van der Waals surface area contributed by atoms with E-state index in [1.807, 2.05) is 19.1 Å². The van der Waals surface area contributed by atoms with Crippen molar-refractivity contribution in [2.45, 2.75) is 6.92 Å². The molecule has 0 radical (unpaired) electrons. The van der Waals surface area contributed by atoms with Gasteiger partial charge in [-0.1, -0.05) is 28.0 Å². The van der Waals surface area contributed by atoms with Crippen molar-refractivity contribution in [1.82, 2.24) is 15.0 Å². The third kappa shape index (κ3) is 2.25. The van der Waals surface area contributed by atoms with E-state index in [2.05, 4.69) is 15.6 Å². The summed E-state index contributed by atoms with van der Waals surface area (Å²) in [5.41, 5.74) is 1.79. The van der Waals surface area contributed by atoms with Gasteiger partial charge in [-0.05, 0) is 19.1 Å². The highest BCUT2D eigenvalue weighted by Gasteiger charge is 2.17. The van der Waals surface area contributed by atoms with Crippen molar-refractivity contribution >= 4 is 11.6 Å². The van der Waals surface area contributed by atoms with Crippen molar-refractivity contribution in [2.24, 2.45) is 7.05 Å². The highest BCUT2D eigenvalue weighted by molar-refractivity contribution is 6.04. The smallest absolute Gasteiger partial charge is 0.279 e. The molecule has 0 spiro atoms. The summed E-state index contributed by atoms with van der Waals surface area (Å²) in [4.78, 5) is 11.8. The van der Waals surface area contributed by atoms with Gasteiger partial charge in [0, 0.05) is 12.7 Å². The van der Waals surface area contributed by atoms with Crippen LogP contribution in [0.2, 0.25) is 0 Å². The molecule has 2 aromatic rings. The molecule has 0 fully saturated rings. The number of aryl methyl sites for hydroxylation is 2. The zero-order valence-corrected chi connectivity index (χ0v) is 9.51.